The van der Waals surface area contributed by atoms with E-state index in [4.69, 9.17) is 10.3 Å². The summed E-state index contributed by atoms with van der Waals surface area (Å²) in [5.41, 5.74) is 7.36. The fourth-order valence-electron chi connectivity index (χ4n) is 1.42. The van der Waals surface area contributed by atoms with Crippen LogP contribution >= 0.6 is 0 Å². The molecule has 0 saturated carbocycles. The highest BCUT2D eigenvalue weighted by molar-refractivity contribution is 5.61. The molecule has 0 bridgehead atoms. The van der Waals surface area contributed by atoms with E-state index in [9.17, 15) is 8.78 Å². The highest BCUT2D eigenvalue weighted by atomic mass is 19.3. The third-order valence-corrected chi connectivity index (χ3v) is 2.17. The molecule has 0 fully saturated rings. The first-order valence-corrected chi connectivity index (χ1v) is 4.75. The normalized spacial score (nSPS) is 10.9. The molecule has 1 heterocycles. The third kappa shape index (κ3) is 2.36. The maximum absolute atomic E-state index is 12.1. The quantitative estimate of drug-likeness (QED) is 0.872. The number of aromatic nitrogens is 1. The van der Waals surface area contributed by atoms with Gasteiger partial charge in [0.25, 0.3) is 0 Å². The third-order valence-electron chi connectivity index (χ3n) is 2.17. The molecule has 1 aromatic heterocycles. The summed E-state index contributed by atoms with van der Waals surface area (Å²) in [7, 11) is 0. The van der Waals surface area contributed by atoms with E-state index in [0.29, 0.717) is 11.3 Å². The second-order valence-corrected chi connectivity index (χ2v) is 3.41. The molecule has 0 aliphatic carbocycles. The molecule has 0 saturated heterocycles. The standard InChI is InChI=1S/C11H10F2N2O/c12-10(13)5-7-1-3-8(4-2-7)9-6-11(14)16-15-9/h1-4,6,10H,5,14H2. The van der Waals surface area contributed by atoms with Crippen LogP contribution in [0.15, 0.2) is 34.9 Å². The Bertz CT molecular complexity index is 465. The van der Waals surface area contributed by atoms with Crippen molar-refractivity contribution >= 4 is 5.88 Å². The molecule has 2 rings (SSSR count). The van der Waals surface area contributed by atoms with E-state index in [0.717, 1.165) is 5.56 Å². The Morgan fingerprint density at radius 3 is 2.44 bits per heavy atom. The Kier molecular flexibility index (Phi) is 2.85. The highest BCUT2D eigenvalue weighted by Gasteiger charge is 2.06. The molecule has 0 radical (unpaired) electrons. The Balaban J connectivity index is 2.19. The summed E-state index contributed by atoms with van der Waals surface area (Å²) in [4.78, 5) is 0. The van der Waals surface area contributed by atoms with Gasteiger partial charge in [0.1, 0.15) is 5.69 Å². The predicted octanol–water partition coefficient (Wildman–Crippen LogP) is 2.73. The maximum Gasteiger partial charge on any atom is 0.242 e. The molecular formula is C11H10F2N2O. The van der Waals surface area contributed by atoms with Gasteiger partial charge in [0, 0.05) is 18.1 Å². The fourth-order valence-corrected chi connectivity index (χ4v) is 1.42. The van der Waals surface area contributed by atoms with Crippen molar-refractivity contribution in [3.63, 3.8) is 0 Å². The van der Waals surface area contributed by atoms with Crippen LogP contribution in [0.25, 0.3) is 11.3 Å². The van der Waals surface area contributed by atoms with Crippen LogP contribution in [0, 0.1) is 0 Å². The van der Waals surface area contributed by atoms with E-state index in [2.05, 4.69) is 5.16 Å². The zero-order valence-electron chi connectivity index (χ0n) is 8.36. The minimum atomic E-state index is -2.33. The van der Waals surface area contributed by atoms with E-state index in [-0.39, 0.29) is 12.3 Å². The van der Waals surface area contributed by atoms with E-state index >= 15 is 0 Å². The molecule has 1 aromatic carbocycles. The molecule has 0 aliphatic heterocycles. The molecule has 0 aliphatic rings. The topological polar surface area (TPSA) is 52.0 Å². The minimum absolute atomic E-state index is 0.228. The molecular weight excluding hydrogens is 214 g/mol. The van der Waals surface area contributed by atoms with Crippen molar-refractivity contribution in [3.05, 3.63) is 35.9 Å². The lowest BCUT2D eigenvalue weighted by molar-refractivity contribution is 0.149. The number of rotatable bonds is 3. The Labute approximate surface area is 90.9 Å². The van der Waals surface area contributed by atoms with E-state index in [1.165, 1.54) is 0 Å². The molecule has 3 nitrogen and oxygen atoms in total. The van der Waals surface area contributed by atoms with E-state index in [1.807, 2.05) is 0 Å². The van der Waals surface area contributed by atoms with E-state index < -0.39 is 6.43 Å². The number of nitrogen functional groups attached to an aromatic ring is 1. The van der Waals surface area contributed by atoms with Gasteiger partial charge in [0.2, 0.25) is 12.3 Å². The average molecular weight is 224 g/mol. The zero-order chi connectivity index (χ0) is 11.5. The Morgan fingerprint density at radius 1 is 1.25 bits per heavy atom. The SMILES string of the molecule is Nc1cc(-c2ccc(CC(F)F)cc2)no1. The molecule has 16 heavy (non-hydrogen) atoms. The summed E-state index contributed by atoms with van der Waals surface area (Å²) in [5.74, 6) is 0.228. The van der Waals surface area contributed by atoms with Gasteiger partial charge in [-0.2, -0.15) is 0 Å². The predicted molar refractivity (Wildman–Crippen MR) is 56.1 cm³/mol. The van der Waals surface area contributed by atoms with Crippen LogP contribution in [0.3, 0.4) is 0 Å². The second kappa shape index (κ2) is 4.30. The minimum Gasteiger partial charge on any atom is -0.368 e. The summed E-state index contributed by atoms with van der Waals surface area (Å²) in [6, 6.07) is 8.31. The molecule has 0 unspecified atom stereocenters. The number of nitrogens with two attached hydrogens (primary N) is 1. The lowest BCUT2D eigenvalue weighted by Crippen LogP contribution is -1.95. The smallest absolute Gasteiger partial charge is 0.242 e. The number of hydrogen-bond acceptors (Lipinski definition) is 3. The molecule has 2 N–H and O–H groups in total. The van der Waals surface area contributed by atoms with Gasteiger partial charge in [-0.15, -0.1) is 0 Å². The van der Waals surface area contributed by atoms with Gasteiger partial charge in [-0.25, -0.2) is 8.78 Å². The van der Waals surface area contributed by atoms with Gasteiger partial charge >= 0.3 is 0 Å². The van der Waals surface area contributed by atoms with Gasteiger partial charge in [0.15, 0.2) is 0 Å². The summed E-state index contributed by atoms with van der Waals surface area (Å²) < 4.78 is 28.9. The van der Waals surface area contributed by atoms with Crippen LogP contribution < -0.4 is 5.73 Å². The van der Waals surface area contributed by atoms with Gasteiger partial charge < -0.3 is 10.3 Å². The fraction of sp³-hybridized carbons (Fsp3) is 0.182. The number of halogens is 2. The first-order valence-electron chi connectivity index (χ1n) is 4.75. The molecule has 2 aromatic rings. The van der Waals surface area contributed by atoms with Crippen molar-refractivity contribution < 1.29 is 13.3 Å². The number of hydrogen-bond donors (Lipinski definition) is 1. The van der Waals surface area contributed by atoms with Crippen LogP contribution in [-0.4, -0.2) is 11.6 Å². The monoisotopic (exact) mass is 224 g/mol. The van der Waals surface area contributed by atoms with Crippen LogP contribution in [-0.2, 0) is 6.42 Å². The molecule has 0 amide bonds. The Morgan fingerprint density at radius 2 is 1.94 bits per heavy atom. The van der Waals surface area contributed by atoms with Crippen molar-refractivity contribution in [3.8, 4) is 11.3 Å². The van der Waals surface area contributed by atoms with Gasteiger partial charge in [-0.05, 0) is 5.56 Å². The van der Waals surface area contributed by atoms with Crippen LogP contribution in [0.1, 0.15) is 5.56 Å². The average Bonchev–Trinajstić information content (AvgIpc) is 2.65. The van der Waals surface area contributed by atoms with Gasteiger partial charge in [-0.3, -0.25) is 0 Å². The number of nitrogens with zero attached hydrogens (tertiary/aromatic N) is 1. The van der Waals surface area contributed by atoms with Crippen LogP contribution in [0.5, 0.6) is 0 Å². The maximum atomic E-state index is 12.1. The summed E-state index contributed by atoms with van der Waals surface area (Å²) in [6.45, 7) is 0. The largest absolute Gasteiger partial charge is 0.368 e. The summed E-state index contributed by atoms with van der Waals surface area (Å²) in [5, 5.41) is 3.73. The van der Waals surface area contributed by atoms with Crippen molar-refractivity contribution in [2.24, 2.45) is 0 Å². The van der Waals surface area contributed by atoms with Crippen molar-refractivity contribution in [2.75, 3.05) is 5.73 Å². The number of anilines is 1. The number of alkyl halides is 2. The summed E-state index contributed by atoms with van der Waals surface area (Å²) in [6.07, 6.45) is -2.56. The lowest BCUT2D eigenvalue weighted by Gasteiger charge is -2.01. The first-order chi connectivity index (χ1) is 7.65. The van der Waals surface area contributed by atoms with Crippen LogP contribution in [0.4, 0.5) is 14.7 Å². The van der Waals surface area contributed by atoms with Crippen molar-refractivity contribution in [1.29, 1.82) is 0 Å². The summed E-state index contributed by atoms with van der Waals surface area (Å²) >= 11 is 0. The molecule has 84 valence electrons. The molecule has 0 spiro atoms. The molecule has 0 atom stereocenters. The van der Waals surface area contributed by atoms with Crippen molar-refractivity contribution in [2.45, 2.75) is 12.8 Å². The first kappa shape index (κ1) is 10.6. The Hall–Kier alpha value is -1.91. The van der Waals surface area contributed by atoms with Gasteiger partial charge in [0.05, 0.1) is 0 Å². The lowest BCUT2D eigenvalue weighted by atomic mass is 10.1. The number of benzene rings is 1. The van der Waals surface area contributed by atoms with Gasteiger partial charge in [-0.1, -0.05) is 29.4 Å². The zero-order valence-corrected chi connectivity index (χ0v) is 8.36. The van der Waals surface area contributed by atoms with E-state index in [1.54, 1.807) is 30.3 Å². The molecule has 5 heteroatoms. The highest BCUT2D eigenvalue weighted by Crippen LogP contribution is 2.21. The van der Waals surface area contributed by atoms with Crippen molar-refractivity contribution in [1.82, 2.24) is 5.16 Å². The van der Waals surface area contributed by atoms with Crippen LogP contribution in [0.2, 0.25) is 0 Å². The second-order valence-electron chi connectivity index (χ2n) is 3.41.